The predicted octanol–water partition coefficient (Wildman–Crippen LogP) is 7.93. The zero-order valence-corrected chi connectivity index (χ0v) is 20.7. The van der Waals surface area contributed by atoms with Crippen LogP contribution in [0.2, 0.25) is 10.0 Å². The third-order valence-electron chi connectivity index (χ3n) is 5.90. The highest BCUT2D eigenvalue weighted by molar-refractivity contribution is 6.30. The van der Waals surface area contributed by atoms with Crippen molar-refractivity contribution in [2.24, 2.45) is 0 Å². The molecule has 36 heavy (non-hydrogen) atoms. The molecule has 4 aromatic carbocycles. The molecule has 3 nitrogen and oxygen atoms in total. The maximum absolute atomic E-state index is 14.1. The molecule has 0 heterocycles. The van der Waals surface area contributed by atoms with E-state index in [1.54, 1.807) is 48.5 Å². The standard InChI is InChI=1S/C29H24Cl2F2N2O/c30-21-11-7-19(8-12-21)27(17-34-25-5-1-3-23(32)15-25)29(36)28(20-9-13-22(31)14-10-20)18-35-26-6-2-4-24(33)16-26/h1-16,27-28,34-35H,17-18H2. The van der Waals surface area contributed by atoms with Crippen molar-refractivity contribution < 1.29 is 13.6 Å². The van der Waals surface area contributed by atoms with Gasteiger partial charge in [0, 0.05) is 34.5 Å². The third-order valence-corrected chi connectivity index (χ3v) is 6.41. The van der Waals surface area contributed by atoms with Gasteiger partial charge >= 0.3 is 0 Å². The Morgan fingerprint density at radius 3 is 1.39 bits per heavy atom. The molecule has 2 N–H and O–H groups in total. The van der Waals surface area contributed by atoms with E-state index in [1.807, 2.05) is 24.3 Å². The van der Waals surface area contributed by atoms with E-state index in [0.29, 0.717) is 21.4 Å². The monoisotopic (exact) mass is 524 g/mol. The van der Waals surface area contributed by atoms with E-state index in [9.17, 15) is 13.6 Å². The summed E-state index contributed by atoms with van der Waals surface area (Å²) in [6.07, 6.45) is 0. The first-order chi connectivity index (χ1) is 17.4. The van der Waals surface area contributed by atoms with E-state index in [4.69, 9.17) is 23.2 Å². The van der Waals surface area contributed by atoms with Gasteiger partial charge in [0.1, 0.15) is 11.6 Å². The van der Waals surface area contributed by atoms with Gasteiger partial charge in [-0.25, -0.2) is 8.78 Å². The molecule has 4 aromatic rings. The summed E-state index contributed by atoms with van der Waals surface area (Å²) in [5.74, 6) is -1.94. The molecule has 0 bridgehead atoms. The molecule has 4 rings (SSSR count). The lowest BCUT2D eigenvalue weighted by atomic mass is 9.83. The summed E-state index contributed by atoms with van der Waals surface area (Å²) in [6.45, 7) is 0.488. The summed E-state index contributed by atoms with van der Waals surface area (Å²) >= 11 is 12.2. The molecule has 0 aliphatic rings. The van der Waals surface area contributed by atoms with Crippen LogP contribution < -0.4 is 10.6 Å². The Bertz CT molecular complexity index is 1210. The number of hydrogen-bond donors (Lipinski definition) is 2. The van der Waals surface area contributed by atoms with Gasteiger partial charge in [0.15, 0.2) is 5.78 Å². The summed E-state index contributed by atoms with van der Waals surface area (Å²) in [5.41, 5.74) is 2.70. The number of nitrogens with one attached hydrogen (secondary N) is 2. The molecule has 2 unspecified atom stereocenters. The van der Waals surface area contributed by atoms with Crippen LogP contribution in [-0.2, 0) is 4.79 Å². The summed E-state index contributed by atoms with van der Waals surface area (Å²) in [7, 11) is 0. The molecule has 2 atom stereocenters. The van der Waals surface area contributed by atoms with Crippen molar-refractivity contribution in [3.05, 3.63) is 130 Å². The second-order valence-electron chi connectivity index (χ2n) is 8.39. The van der Waals surface area contributed by atoms with Gasteiger partial charge < -0.3 is 10.6 Å². The highest BCUT2D eigenvalue weighted by Crippen LogP contribution is 2.30. The largest absolute Gasteiger partial charge is 0.384 e. The molecular weight excluding hydrogens is 501 g/mol. The summed E-state index contributed by atoms with van der Waals surface area (Å²) in [5, 5.41) is 7.50. The van der Waals surface area contributed by atoms with Crippen molar-refractivity contribution in [1.82, 2.24) is 0 Å². The number of halogens is 4. The average molecular weight is 525 g/mol. The number of rotatable bonds is 10. The van der Waals surface area contributed by atoms with E-state index in [1.165, 1.54) is 24.3 Å². The fraction of sp³-hybridized carbons (Fsp3) is 0.138. The van der Waals surface area contributed by atoms with Crippen LogP contribution in [0.4, 0.5) is 20.2 Å². The Kier molecular flexibility index (Phi) is 8.57. The van der Waals surface area contributed by atoms with Gasteiger partial charge in [-0.2, -0.15) is 0 Å². The second-order valence-corrected chi connectivity index (χ2v) is 9.27. The summed E-state index contributed by atoms with van der Waals surface area (Å²) in [4.78, 5) is 14.1. The lowest BCUT2D eigenvalue weighted by molar-refractivity contribution is -0.121. The summed E-state index contributed by atoms with van der Waals surface area (Å²) in [6, 6.07) is 26.4. The Labute approximate surface area is 219 Å². The molecule has 0 amide bonds. The Balaban J connectivity index is 1.65. The topological polar surface area (TPSA) is 41.1 Å². The molecule has 0 aliphatic carbocycles. The van der Waals surface area contributed by atoms with Crippen LogP contribution in [0.1, 0.15) is 23.0 Å². The van der Waals surface area contributed by atoms with Gasteiger partial charge in [-0.3, -0.25) is 4.79 Å². The van der Waals surface area contributed by atoms with E-state index < -0.39 is 11.8 Å². The van der Waals surface area contributed by atoms with Crippen LogP contribution in [0.5, 0.6) is 0 Å². The van der Waals surface area contributed by atoms with Gasteiger partial charge in [0.05, 0.1) is 11.8 Å². The van der Waals surface area contributed by atoms with Gasteiger partial charge in [0.25, 0.3) is 0 Å². The lowest BCUT2D eigenvalue weighted by Gasteiger charge is -2.25. The first-order valence-corrected chi connectivity index (χ1v) is 12.2. The number of carbonyl (C=O) groups is 1. The molecule has 7 heteroatoms. The van der Waals surface area contributed by atoms with Crippen LogP contribution in [-0.4, -0.2) is 18.9 Å². The molecule has 0 aliphatic heterocycles. The zero-order chi connectivity index (χ0) is 25.5. The molecule has 184 valence electrons. The number of benzene rings is 4. The quantitative estimate of drug-likeness (QED) is 0.221. The smallest absolute Gasteiger partial charge is 0.151 e. The van der Waals surface area contributed by atoms with Crippen LogP contribution in [0, 0.1) is 11.6 Å². The van der Waals surface area contributed by atoms with Crippen LogP contribution >= 0.6 is 23.2 Å². The van der Waals surface area contributed by atoms with Crippen molar-refractivity contribution >= 4 is 40.4 Å². The number of carbonyl (C=O) groups excluding carboxylic acids is 1. The fourth-order valence-corrected chi connectivity index (χ4v) is 4.29. The van der Waals surface area contributed by atoms with Gasteiger partial charge in [-0.05, 0) is 71.8 Å². The van der Waals surface area contributed by atoms with Crippen molar-refractivity contribution in [1.29, 1.82) is 0 Å². The number of hydrogen-bond acceptors (Lipinski definition) is 3. The molecule has 0 fully saturated rings. The van der Waals surface area contributed by atoms with E-state index in [0.717, 1.165) is 11.1 Å². The molecular formula is C29H24Cl2F2N2O. The zero-order valence-electron chi connectivity index (χ0n) is 19.2. The minimum atomic E-state index is -0.569. The molecule has 0 saturated carbocycles. The maximum Gasteiger partial charge on any atom is 0.151 e. The fourth-order valence-electron chi connectivity index (χ4n) is 4.04. The second kappa shape index (κ2) is 12.0. The molecule has 0 aromatic heterocycles. The van der Waals surface area contributed by atoms with E-state index in [-0.39, 0.29) is 30.5 Å². The Morgan fingerprint density at radius 1 is 0.639 bits per heavy atom. The van der Waals surface area contributed by atoms with Gasteiger partial charge in [-0.1, -0.05) is 59.6 Å². The van der Waals surface area contributed by atoms with Crippen LogP contribution in [0.15, 0.2) is 97.1 Å². The number of ketones is 1. The predicted molar refractivity (Wildman–Crippen MR) is 143 cm³/mol. The van der Waals surface area contributed by atoms with Gasteiger partial charge in [0.2, 0.25) is 0 Å². The first kappa shape index (κ1) is 25.7. The average Bonchev–Trinajstić information content (AvgIpc) is 2.86. The molecule has 0 radical (unpaired) electrons. The molecule has 0 saturated heterocycles. The minimum Gasteiger partial charge on any atom is -0.384 e. The van der Waals surface area contributed by atoms with E-state index >= 15 is 0 Å². The molecule has 0 spiro atoms. The lowest BCUT2D eigenvalue weighted by Crippen LogP contribution is -2.30. The normalized spacial score (nSPS) is 12.6. The van der Waals surface area contributed by atoms with E-state index in [2.05, 4.69) is 10.6 Å². The van der Waals surface area contributed by atoms with Crippen molar-refractivity contribution in [3.8, 4) is 0 Å². The first-order valence-electron chi connectivity index (χ1n) is 11.4. The van der Waals surface area contributed by atoms with Crippen molar-refractivity contribution in [3.63, 3.8) is 0 Å². The highest BCUT2D eigenvalue weighted by Gasteiger charge is 2.29. The third kappa shape index (κ3) is 6.84. The van der Waals surface area contributed by atoms with Crippen LogP contribution in [0.25, 0.3) is 0 Å². The summed E-state index contributed by atoms with van der Waals surface area (Å²) < 4.78 is 27.4. The SMILES string of the molecule is O=C(C(CNc1cccc(F)c1)c1ccc(Cl)cc1)C(CNc1cccc(F)c1)c1ccc(Cl)cc1. The Hall–Kier alpha value is -3.41. The number of anilines is 2. The highest BCUT2D eigenvalue weighted by atomic mass is 35.5. The van der Waals surface area contributed by atoms with Crippen molar-refractivity contribution in [2.45, 2.75) is 11.8 Å². The van der Waals surface area contributed by atoms with Gasteiger partial charge in [-0.15, -0.1) is 0 Å². The minimum absolute atomic E-state index is 0.0625. The Morgan fingerprint density at radius 2 is 1.03 bits per heavy atom. The maximum atomic E-state index is 14.1. The van der Waals surface area contributed by atoms with Crippen LogP contribution in [0.3, 0.4) is 0 Å². The number of Topliss-reactive ketones (excluding diaryl/α,β-unsaturated/α-hetero) is 1. The van der Waals surface area contributed by atoms with Crippen molar-refractivity contribution in [2.75, 3.05) is 23.7 Å².